The van der Waals surface area contributed by atoms with Gasteiger partial charge in [-0.25, -0.2) is 0 Å². The van der Waals surface area contributed by atoms with Crippen LogP contribution in [0.15, 0.2) is 54.6 Å². The molecule has 0 atom stereocenters. The molecule has 23 heavy (non-hydrogen) atoms. The molecule has 2 nitrogen and oxygen atoms in total. The summed E-state index contributed by atoms with van der Waals surface area (Å²) in [4.78, 5) is 12.0. The SMILES string of the molecule is CCC/C=C/c1cc(CC(=O)OCc2ccccc2)ccc1C. The van der Waals surface area contributed by atoms with Crippen molar-refractivity contribution in [2.45, 2.75) is 39.7 Å². The van der Waals surface area contributed by atoms with Gasteiger partial charge in [-0.3, -0.25) is 4.79 Å². The van der Waals surface area contributed by atoms with Gasteiger partial charge >= 0.3 is 5.97 Å². The molecule has 0 aromatic heterocycles. The normalized spacial score (nSPS) is 10.9. The van der Waals surface area contributed by atoms with Crippen LogP contribution in [0.4, 0.5) is 0 Å². The predicted molar refractivity (Wildman–Crippen MR) is 95.1 cm³/mol. The molecule has 0 saturated heterocycles. The molecule has 2 aromatic carbocycles. The molecule has 0 radical (unpaired) electrons. The third-order valence-electron chi connectivity index (χ3n) is 3.69. The highest BCUT2D eigenvalue weighted by Gasteiger charge is 2.06. The lowest BCUT2D eigenvalue weighted by atomic mass is 10.0. The van der Waals surface area contributed by atoms with Gasteiger partial charge in [0.05, 0.1) is 6.42 Å². The summed E-state index contributed by atoms with van der Waals surface area (Å²) in [7, 11) is 0. The van der Waals surface area contributed by atoms with E-state index in [0.717, 1.165) is 24.0 Å². The van der Waals surface area contributed by atoms with Gasteiger partial charge in [0.1, 0.15) is 6.61 Å². The van der Waals surface area contributed by atoms with Crippen LogP contribution in [0.5, 0.6) is 0 Å². The second kappa shape index (κ2) is 8.94. The van der Waals surface area contributed by atoms with Crippen molar-refractivity contribution >= 4 is 12.0 Å². The maximum Gasteiger partial charge on any atom is 0.310 e. The van der Waals surface area contributed by atoms with Gasteiger partial charge < -0.3 is 4.74 Å². The van der Waals surface area contributed by atoms with Crippen molar-refractivity contribution in [3.63, 3.8) is 0 Å². The molecule has 0 N–H and O–H groups in total. The van der Waals surface area contributed by atoms with Gasteiger partial charge in [-0.2, -0.15) is 0 Å². The molecule has 2 rings (SSSR count). The zero-order valence-corrected chi connectivity index (χ0v) is 13.9. The van der Waals surface area contributed by atoms with Gasteiger partial charge in [0, 0.05) is 0 Å². The molecule has 0 bridgehead atoms. The Morgan fingerprint density at radius 3 is 2.61 bits per heavy atom. The summed E-state index contributed by atoms with van der Waals surface area (Å²) < 4.78 is 5.34. The lowest BCUT2D eigenvalue weighted by Crippen LogP contribution is -2.08. The minimum Gasteiger partial charge on any atom is -0.461 e. The van der Waals surface area contributed by atoms with Gasteiger partial charge in [0.15, 0.2) is 0 Å². The molecule has 0 aliphatic rings. The first-order chi connectivity index (χ1) is 11.2. The molecule has 0 spiro atoms. The third kappa shape index (κ3) is 5.74. The standard InChI is InChI=1S/C21H24O2/c1-3-4-6-11-20-14-19(13-12-17(20)2)15-21(22)23-16-18-9-7-5-8-10-18/h5-14H,3-4,15-16H2,1-2H3/b11-6+. The smallest absolute Gasteiger partial charge is 0.310 e. The summed E-state index contributed by atoms with van der Waals surface area (Å²) in [6.07, 6.45) is 6.84. The van der Waals surface area contributed by atoms with Crippen LogP contribution in [0.2, 0.25) is 0 Å². The lowest BCUT2D eigenvalue weighted by Gasteiger charge is -2.07. The number of rotatable bonds is 7. The van der Waals surface area contributed by atoms with Gasteiger partial charge in [-0.15, -0.1) is 0 Å². The van der Waals surface area contributed by atoms with Crippen molar-refractivity contribution in [2.24, 2.45) is 0 Å². The number of aryl methyl sites for hydroxylation is 1. The van der Waals surface area contributed by atoms with E-state index in [2.05, 4.69) is 38.1 Å². The molecule has 0 heterocycles. The van der Waals surface area contributed by atoms with Gasteiger partial charge in [-0.1, -0.05) is 74.0 Å². The topological polar surface area (TPSA) is 26.3 Å². The average Bonchev–Trinajstić information content (AvgIpc) is 2.57. The highest BCUT2D eigenvalue weighted by atomic mass is 16.5. The number of benzene rings is 2. The lowest BCUT2D eigenvalue weighted by molar-refractivity contribution is -0.144. The van der Waals surface area contributed by atoms with Crippen LogP contribution in [0.1, 0.15) is 42.0 Å². The third-order valence-corrected chi connectivity index (χ3v) is 3.69. The number of carbonyl (C=O) groups excluding carboxylic acids is 1. The Morgan fingerprint density at radius 2 is 1.87 bits per heavy atom. The highest BCUT2D eigenvalue weighted by Crippen LogP contribution is 2.15. The van der Waals surface area contributed by atoms with Crippen molar-refractivity contribution in [3.8, 4) is 0 Å². The zero-order chi connectivity index (χ0) is 16.5. The Balaban J connectivity index is 1.94. The van der Waals surface area contributed by atoms with Gasteiger partial charge in [0.2, 0.25) is 0 Å². The average molecular weight is 308 g/mol. The summed E-state index contributed by atoms with van der Waals surface area (Å²) in [5.41, 5.74) is 4.39. The molecule has 2 heteroatoms. The number of esters is 1. The van der Waals surface area contributed by atoms with Gasteiger partial charge in [-0.05, 0) is 35.6 Å². The minimum absolute atomic E-state index is 0.193. The Labute approximate surface area is 138 Å². The summed E-state index contributed by atoms with van der Waals surface area (Å²) in [5, 5.41) is 0. The van der Waals surface area contributed by atoms with Crippen LogP contribution in [-0.4, -0.2) is 5.97 Å². The van der Waals surface area contributed by atoms with E-state index in [-0.39, 0.29) is 5.97 Å². The van der Waals surface area contributed by atoms with E-state index in [1.54, 1.807) is 0 Å². The maximum atomic E-state index is 12.0. The van der Waals surface area contributed by atoms with E-state index >= 15 is 0 Å². The van der Waals surface area contributed by atoms with Crippen molar-refractivity contribution in [1.82, 2.24) is 0 Å². The quantitative estimate of drug-likeness (QED) is 0.666. The maximum absolute atomic E-state index is 12.0. The van der Waals surface area contributed by atoms with Crippen LogP contribution >= 0.6 is 0 Å². The van der Waals surface area contributed by atoms with Crippen molar-refractivity contribution < 1.29 is 9.53 Å². The summed E-state index contributed by atoms with van der Waals surface area (Å²) in [5.74, 6) is -0.193. The summed E-state index contributed by atoms with van der Waals surface area (Å²) >= 11 is 0. The molecule has 0 fully saturated rings. The molecule has 120 valence electrons. The van der Waals surface area contributed by atoms with E-state index in [9.17, 15) is 4.79 Å². The molecular weight excluding hydrogens is 284 g/mol. The van der Waals surface area contributed by atoms with Crippen LogP contribution < -0.4 is 0 Å². The second-order valence-corrected chi connectivity index (χ2v) is 5.71. The molecule has 2 aromatic rings. The first-order valence-electron chi connectivity index (χ1n) is 8.14. The van der Waals surface area contributed by atoms with Crippen molar-refractivity contribution in [1.29, 1.82) is 0 Å². The summed E-state index contributed by atoms with van der Waals surface area (Å²) in [6.45, 7) is 4.58. The molecule has 0 aliphatic carbocycles. The summed E-state index contributed by atoms with van der Waals surface area (Å²) in [6, 6.07) is 15.9. The predicted octanol–water partition coefficient (Wildman–Crippen LogP) is 5.09. The van der Waals surface area contributed by atoms with Crippen LogP contribution in [0, 0.1) is 6.92 Å². The molecule has 0 amide bonds. The number of unbranched alkanes of at least 4 members (excludes halogenated alkanes) is 1. The molecular formula is C21H24O2. The minimum atomic E-state index is -0.193. The Kier molecular flexibility index (Phi) is 6.61. The first-order valence-corrected chi connectivity index (χ1v) is 8.14. The number of carbonyl (C=O) groups is 1. The van der Waals surface area contributed by atoms with Crippen molar-refractivity contribution in [3.05, 3.63) is 76.9 Å². The second-order valence-electron chi connectivity index (χ2n) is 5.71. The fourth-order valence-electron chi connectivity index (χ4n) is 2.31. The molecule has 0 saturated carbocycles. The van der Waals surface area contributed by atoms with E-state index < -0.39 is 0 Å². The van der Waals surface area contributed by atoms with E-state index in [4.69, 9.17) is 4.74 Å². The van der Waals surface area contributed by atoms with Crippen LogP contribution in [0.25, 0.3) is 6.08 Å². The fraction of sp³-hybridized carbons (Fsp3) is 0.286. The zero-order valence-electron chi connectivity index (χ0n) is 13.9. The van der Waals surface area contributed by atoms with Crippen molar-refractivity contribution in [2.75, 3.05) is 0 Å². The highest BCUT2D eigenvalue weighted by molar-refractivity contribution is 5.73. The molecule has 0 aliphatic heterocycles. The number of allylic oxidation sites excluding steroid dienone is 1. The van der Waals surface area contributed by atoms with E-state index in [1.165, 1.54) is 11.1 Å². The van der Waals surface area contributed by atoms with Gasteiger partial charge in [0.25, 0.3) is 0 Å². The van der Waals surface area contributed by atoms with E-state index in [1.807, 2.05) is 36.4 Å². The van der Waals surface area contributed by atoms with E-state index in [0.29, 0.717) is 13.0 Å². The Bertz CT molecular complexity index is 657. The van der Waals surface area contributed by atoms with Crippen LogP contribution in [0.3, 0.4) is 0 Å². The van der Waals surface area contributed by atoms with Crippen LogP contribution in [-0.2, 0) is 22.6 Å². The Hall–Kier alpha value is -2.35. The number of hydrogen-bond donors (Lipinski definition) is 0. The molecule has 0 unspecified atom stereocenters. The first kappa shape index (κ1) is 17.0. The number of hydrogen-bond acceptors (Lipinski definition) is 2. The Morgan fingerprint density at radius 1 is 1.09 bits per heavy atom. The monoisotopic (exact) mass is 308 g/mol. The largest absolute Gasteiger partial charge is 0.461 e. The number of ether oxygens (including phenoxy) is 1. The fourth-order valence-corrected chi connectivity index (χ4v) is 2.31.